The smallest absolute Gasteiger partial charge is 0.332 e. The molecule has 23 heavy (non-hydrogen) atoms. The van der Waals surface area contributed by atoms with Gasteiger partial charge in [-0.3, -0.25) is 4.98 Å². The third kappa shape index (κ3) is 4.57. The number of rotatable bonds is 6. The summed E-state index contributed by atoms with van der Waals surface area (Å²) in [5, 5.41) is 3.33. The molecule has 1 heterocycles. The molecule has 5 nitrogen and oxygen atoms in total. The van der Waals surface area contributed by atoms with Crippen LogP contribution in [0.15, 0.2) is 54.9 Å². The highest BCUT2D eigenvalue weighted by atomic mass is 16.5. The van der Waals surface area contributed by atoms with Crippen LogP contribution in [0.3, 0.4) is 0 Å². The average Bonchev–Trinajstić information content (AvgIpc) is 2.61. The molecule has 0 aliphatic rings. The van der Waals surface area contributed by atoms with Gasteiger partial charge in [0, 0.05) is 30.1 Å². The van der Waals surface area contributed by atoms with Gasteiger partial charge in [0.05, 0.1) is 19.9 Å². The van der Waals surface area contributed by atoms with E-state index in [0.717, 1.165) is 16.9 Å². The normalized spacial score (nSPS) is 12.4. The molecule has 120 valence electrons. The molecule has 2 rings (SSSR count). The van der Waals surface area contributed by atoms with E-state index in [1.165, 1.54) is 13.2 Å². The fourth-order valence-corrected chi connectivity index (χ4v) is 2.12. The van der Waals surface area contributed by atoms with Gasteiger partial charge in [0.2, 0.25) is 0 Å². The van der Waals surface area contributed by atoms with E-state index in [1.807, 2.05) is 43.3 Å². The topological polar surface area (TPSA) is 60.5 Å². The lowest BCUT2D eigenvalue weighted by Crippen LogP contribution is -2.18. The van der Waals surface area contributed by atoms with Gasteiger partial charge in [-0.05, 0) is 36.8 Å². The molecule has 0 spiro atoms. The SMILES string of the molecule is COC(=O)/C=C(/N[C@@H](C)c1ccc(OC)cc1)c1cccnc1. The zero-order valence-corrected chi connectivity index (χ0v) is 13.4. The quantitative estimate of drug-likeness (QED) is 0.656. The lowest BCUT2D eigenvalue weighted by Gasteiger charge is -2.18. The maximum Gasteiger partial charge on any atom is 0.332 e. The average molecular weight is 312 g/mol. The fraction of sp³-hybridized carbons (Fsp3) is 0.222. The summed E-state index contributed by atoms with van der Waals surface area (Å²) in [5.41, 5.74) is 2.55. The summed E-state index contributed by atoms with van der Waals surface area (Å²) >= 11 is 0. The molecule has 0 amide bonds. The molecule has 0 aliphatic heterocycles. The summed E-state index contributed by atoms with van der Waals surface area (Å²) in [6, 6.07) is 11.5. The number of ether oxygens (including phenoxy) is 2. The molecule has 2 aromatic rings. The van der Waals surface area contributed by atoms with E-state index >= 15 is 0 Å². The minimum atomic E-state index is -0.418. The molecule has 0 fully saturated rings. The number of carbonyl (C=O) groups is 1. The number of carbonyl (C=O) groups excluding carboxylic acids is 1. The first-order valence-corrected chi connectivity index (χ1v) is 7.24. The van der Waals surface area contributed by atoms with Crippen molar-refractivity contribution in [3.63, 3.8) is 0 Å². The van der Waals surface area contributed by atoms with Crippen molar-refractivity contribution in [2.45, 2.75) is 13.0 Å². The highest BCUT2D eigenvalue weighted by Gasteiger charge is 2.11. The van der Waals surface area contributed by atoms with Gasteiger partial charge in [0.1, 0.15) is 5.75 Å². The van der Waals surface area contributed by atoms with Crippen molar-refractivity contribution in [3.05, 3.63) is 66.0 Å². The summed E-state index contributed by atoms with van der Waals surface area (Å²) in [7, 11) is 2.99. The van der Waals surface area contributed by atoms with Crippen molar-refractivity contribution in [2.24, 2.45) is 0 Å². The predicted molar refractivity (Wildman–Crippen MR) is 88.8 cm³/mol. The first-order valence-electron chi connectivity index (χ1n) is 7.24. The largest absolute Gasteiger partial charge is 0.497 e. The van der Waals surface area contributed by atoms with Crippen LogP contribution in [0, 0.1) is 0 Å². The fourth-order valence-electron chi connectivity index (χ4n) is 2.12. The van der Waals surface area contributed by atoms with Crippen molar-refractivity contribution < 1.29 is 14.3 Å². The van der Waals surface area contributed by atoms with Gasteiger partial charge in [0.25, 0.3) is 0 Å². The van der Waals surface area contributed by atoms with Gasteiger partial charge < -0.3 is 14.8 Å². The van der Waals surface area contributed by atoms with E-state index in [4.69, 9.17) is 9.47 Å². The number of hydrogen-bond donors (Lipinski definition) is 1. The second-order valence-corrected chi connectivity index (χ2v) is 4.96. The molecule has 0 bridgehead atoms. The maximum atomic E-state index is 11.6. The van der Waals surface area contributed by atoms with E-state index in [9.17, 15) is 4.79 Å². The number of methoxy groups -OCH3 is 2. The monoisotopic (exact) mass is 312 g/mol. The Morgan fingerprint density at radius 3 is 2.52 bits per heavy atom. The Hall–Kier alpha value is -2.82. The number of nitrogens with one attached hydrogen (secondary N) is 1. The minimum absolute atomic E-state index is 0.00276. The highest BCUT2D eigenvalue weighted by Crippen LogP contribution is 2.21. The van der Waals surface area contributed by atoms with Gasteiger partial charge in [-0.25, -0.2) is 4.79 Å². The number of hydrogen-bond acceptors (Lipinski definition) is 5. The molecule has 0 saturated heterocycles. The Morgan fingerprint density at radius 2 is 1.96 bits per heavy atom. The number of pyridine rings is 1. The van der Waals surface area contributed by atoms with Crippen LogP contribution in [0.4, 0.5) is 0 Å². The lowest BCUT2D eigenvalue weighted by molar-refractivity contribution is -0.134. The number of nitrogens with zero attached hydrogens (tertiary/aromatic N) is 1. The molecule has 0 saturated carbocycles. The third-order valence-electron chi connectivity index (χ3n) is 3.42. The van der Waals surface area contributed by atoms with Crippen LogP contribution in [0.2, 0.25) is 0 Å². The summed E-state index contributed by atoms with van der Waals surface area (Å²) in [6.45, 7) is 2.02. The third-order valence-corrected chi connectivity index (χ3v) is 3.42. The van der Waals surface area contributed by atoms with E-state index in [-0.39, 0.29) is 6.04 Å². The van der Waals surface area contributed by atoms with E-state index in [0.29, 0.717) is 5.70 Å². The number of esters is 1. The van der Waals surface area contributed by atoms with Crippen molar-refractivity contribution in [3.8, 4) is 5.75 Å². The van der Waals surface area contributed by atoms with E-state index in [2.05, 4.69) is 10.3 Å². The van der Waals surface area contributed by atoms with Gasteiger partial charge in [0.15, 0.2) is 0 Å². The summed E-state index contributed by atoms with van der Waals surface area (Å²) in [4.78, 5) is 15.7. The summed E-state index contributed by atoms with van der Waals surface area (Å²) < 4.78 is 9.89. The van der Waals surface area contributed by atoms with Gasteiger partial charge in [-0.15, -0.1) is 0 Å². The van der Waals surface area contributed by atoms with Crippen molar-refractivity contribution in [1.29, 1.82) is 0 Å². The maximum absolute atomic E-state index is 11.6. The number of aromatic nitrogens is 1. The Bertz CT molecular complexity index is 666. The Morgan fingerprint density at radius 1 is 1.22 bits per heavy atom. The Balaban J connectivity index is 2.22. The molecular weight excluding hydrogens is 292 g/mol. The molecule has 0 unspecified atom stereocenters. The molecule has 1 N–H and O–H groups in total. The summed E-state index contributed by atoms with van der Waals surface area (Å²) in [6.07, 6.45) is 4.81. The van der Waals surface area contributed by atoms with Crippen LogP contribution >= 0.6 is 0 Å². The van der Waals surface area contributed by atoms with Crippen LogP contribution in [0.5, 0.6) is 5.75 Å². The molecular formula is C18H20N2O3. The Kier molecular flexibility index (Phi) is 5.74. The number of benzene rings is 1. The van der Waals surface area contributed by atoms with Crippen molar-refractivity contribution in [2.75, 3.05) is 14.2 Å². The standard InChI is InChI=1S/C18H20N2O3/c1-13(14-6-8-16(22-2)9-7-14)20-17(11-18(21)23-3)15-5-4-10-19-12-15/h4-13,20H,1-3H3/b17-11+/t13-/m0/s1. The van der Waals surface area contributed by atoms with E-state index in [1.54, 1.807) is 19.5 Å². The molecule has 1 atom stereocenters. The van der Waals surface area contributed by atoms with Crippen LogP contribution in [0.1, 0.15) is 24.1 Å². The van der Waals surface area contributed by atoms with Crippen molar-refractivity contribution in [1.82, 2.24) is 10.3 Å². The second kappa shape index (κ2) is 7.98. The van der Waals surface area contributed by atoms with Gasteiger partial charge in [-0.1, -0.05) is 12.1 Å². The van der Waals surface area contributed by atoms with Crippen LogP contribution in [-0.2, 0) is 9.53 Å². The molecule has 0 aliphatic carbocycles. The van der Waals surface area contributed by atoms with Gasteiger partial charge >= 0.3 is 5.97 Å². The Labute approximate surface area is 136 Å². The van der Waals surface area contributed by atoms with Gasteiger partial charge in [-0.2, -0.15) is 0 Å². The molecule has 1 aromatic heterocycles. The van der Waals surface area contributed by atoms with Crippen LogP contribution in [0.25, 0.3) is 5.70 Å². The molecule has 5 heteroatoms. The van der Waals surface area contributed by atoms with E-state index < -0.39 is 5.97 Å². The summed E-state index contributed by atoms with van der Waals surface area (Å²) in [5.74, 6) is 0.386. The zero-order valence-electron chi connectivity index (χ0n) is 13.4. The zero-order chi connectivity index (χ0) is 16.7. The first kappa shape index (κ1) is 16.5. The van der Waals surface area contributed by atoms with Crippen molar-refractivity contribution >= 4 is 11.7 Å². The second-order valence-electron chi connectivity index (χ2n) is 4.96. The van der Waals surface area contributed by atoms with Crippen LogP contribution in [-0.4, -0.2) is 25.2 Å². The highest BCUT2D eigenvalue weighted by molar-refractivity contribution is 5.90. The predicted octanol–water partition coefficient (Wildman–Crippen LogP) is 2.95. The minimum Gasteiger partial charge on any atom is -0.497 e. The lowest BCUT2D eigenvalue weighted by atomic mass is 10.1. The van der Waals surface area contributed by atoms with Crippen LogP contribution < -0.4 is 10.1 Å². The first-order chi connectivity index (χ1) is 11.1. The molecule has 1 aromatic carbocycles. The molecule has 0 radical (unpaired) electrons.